The smallest absolute Gasteiger partial charge is 0.188 e. The van der Waals surface area contributed by atoms with Crippen molar-refractivity contribution in [3.63, 3.8) is 0 Å². The lowest BCUT2D eigenvalue weighted by atomic mass is 9.66. The van der Waals surface area contributed by atoms with Crippen LogP contribution >= 0.6 is 0 Å². The predicted octanol–water partition coefficient (Wildman–Crippen LogP) is 12.0. The Balaban J connectivity index is 1.16. The number of benzene rings is 6. The van der Waals surface area contributed by atoms with Gasteiger partial charge in [0.2, 0.25) is 0 Å². The van der Waals surface area contributed by atoms with Crippen LogP contribution in [0.2, 0.25) is 0 Å². The molecule has 8 heteroatoms. The van der Waals surface area contributed by atoms with Crippen LogP contribution in [0.3, 0.4) is 0 Å². The van der Waals surface area contributed by atoms with Crippen molar-refractivity contribution < 1.29 is 9.47 Å². The molecule has 0 saturated heterocycles. The lowest BCUT2D eigenvalue weighted by Crippen LogP contribution is -2.32. The molecule has 0 unspecified atom stereocenters. The van der Waals surface area contributed by atoms with E-state index in [1.807, 2.05) is 103 Å². The van der Waals surface area contributed by atoms with Crippen molar-refractivity contribution in [3.05, 3.63) is 197 Å². The average molecular weight is 731 g/mol. The van der Waals surface area contributed by atoms with Crippen LogP contribution in [0.1, 0.15) is 27.8 Å². The van der Waals surface area contributed by atoms with E-state index in [1.54, 1.807) is 6.07 Å². The standard InChI is InChI=1S/C49H26N6O2/c1-51-30-19-21-40-34(23-30)33-10-2-5-13-39(33)54(40)31-24-37-47(52-27-31)48-38(49(37)35-11-3-7-15-43(35)56-44-16-8-4-12-36(44)49)25-32(28-53-48)55-41-14-6-9-17-45(41)57-46-22-29(26-50)18-20-42(46)55/h2-25,27-28H. The molecule has 0 radical (unpaired) electrons. The highest BCUT2D eigenvalue weighted by Crippen LogP contribution is 2.62. The minimum Gasteiger partial charge on any atom is -0.457 e. The molecule has 8 nitrogen and oxygen atoms in total. The molecule has 264 valence electrons. The van der Waals surface area contributed by atoms with Crippen molar-refractivity contribution in [1.29, 1.82) is 5.26 Å². The van der Waals surface area contributed by atoms with Crippen molar-refractivity contribution in [2.45, 2.75) is 5.41 Å². The number of nitrogens with zero attached hydrogens (tertiary/aromatic N) is 6. The number of hydrogen-bond acceptors (Lipinski definition) is 6. The minimum atomic E-state index is -0.864. The van der Waals surface area contributed by atoms with Crippen molar-refractivity contribution in [3.8, 4) is 46.1 Å². The number of nitriles is 1. The highest BCUT2D eigenvalue weighted by Gasteiger charge is 2.53. The Bertz CT molecular complexity index is 3270. The first-order valence-corrected chi connectivity index (χ1v) is 18.6. The number of pyridine rings is 2. The summed E-state index contributed by atoms with van der Waals surface area (Å²) < 4.78 is 15.3. The number of para-hydroxylation sites is 5. The van der Waals surface area contributed by atoms with Gasteiger partial charge in [-0.1, -0.05) is 72.8 Å². The topological polar surface area (TPSA) is 80.6 Å². The van der Waals surface area contributed by atoms with Crippen LogP contribution < -0.4 is 14.4 Å². The molecule has 1 spiro atoms. The number of aromatic nitrogens is 3. The van der Waals surface area contributed by atoms with Crippen molar-refractivity contribution in [2.75, 3.05) is 4.90 Å². The van der Waals surface area contributed by atoms with Crippen LogP contribution in [0.25, 0.3) is 43.7 Å². The van der Waals surface area contributed by atoms with Crippen molar-refractivity contribution in [2.24, 2.45) is 0 Å². The first-order chi connectivity index (χ1) is 28.1. The largest absolute Gasteiger partial charge is 0.457 e. The summed E-state index contributed by atoms with van der Waals surface area (Å²) in [5.41, 5.74) is 11.2. The maximum absolute atomic E-state index is 9.76. The Morgan fingerprint density at radius 2 is 1.18 bits per heavy atom. The van der Waals surface area contributed by atoms with Gasteiger partial charge in [-0.2, -0.15) is 5.26 Å². The molecule has 9 aromatic rings. The molecule has 5 heterocycles. The second kappa shape index (κ2) is 11.4. The van der Waals surface area contributed by atoms with E-state index in [1.165, 1.54) is 0 Å². The Labute approximate surface area is 326 Å². The summed E-state index contributed by atoms with van der Waals surface area (Å²) in [4.78, 5) is 16.5. The predicted molar refractivity (Wildman–Crippen MR) is 219 cm³/mol. The monoisotopic (exact) mass is 730 g/mol. The van der Waals surface area contributed by atoms with Gasteiger partial charge < -0.3 is 18.9 Å². The van der Waals surface area contributed by atoms with E-state index in [0.717, 1.165) is 89.7 Å². The first-order valence-electron chi connectivity index (χ1n) is 18.6. The SMILES string of the molecule is [C-]#[N+]c1ccc2c(c1)c1ccccc1n2-c1cnc2c(c1)C1(c3ccccc3Oc3ccccc31)c1cc(N3c4ccccc4Oc4cc(C#N)ccc43)cnc1-2. The Morgan fingerprint density at radius 3 is 1.93 bits per heavy atom. The van der Waals surface area contributed by atoms with E-state index in [2.05, 4.69) is 68.9 Å². The molecule has 0 saturated carbocycles. The van der Waals surface area contributed by atoms with Crippen LogP contribution in [0.5, 0.6) is 23.0 Å². The Kier molecular flexibility index (Phi) is 6.24. The van der Waals surface area contributed by atoms with Gasteiger partial charge in [-0.3, -0.25) is 9.97 Å². The lowest BCUT2D eigenvalue weighted by Gasteiger charge is -2.39. The molecular formula is C49H26N6O2. The van der Waals surface area contributed by atoms with Crippen LogP contribution in [0.15, 0.2) is 158 Å². The second-order valence-corrected chi connectivity index (χ2v) is 14.4. The normalized spacial score (nSPS) is 13.6. The molecule has 0 amide bonds. The number of rotatable bonds is 2. The van der Waals surface area contributed by atoms with Gasteiger partial charge in [-0.05, 0) is 72.1 Å². The van der Waals surface area contributed by atoms with Crippen LogP contribution in [-0.4, -0.2) is 14.5 Å². The second-order valence-electron chi connectivity index (χ2n) is 14.4. The van der Waals surface area contributed by atoms with Gasteiger partial charge in [0.05, 0.1) is 81.2 Å². The molecule has 6 aromatic carbocycles. The Hall–Kier alpha value is -8.20. The highest BCUT2D eigenvalue weighted by molar-refractivity contribution is 6.10. The molecule has 1 aliphatic carbocycles. The maximum Gasteiger partial charge on any atom is 0.188 e. The fraction of sp³-hybridized carbons (Fsp3) is 0.0204. The molecule has 2 aliphatic heterocycles. The molecular weight excluding hydrogens is 705 g/mol. The molecule has 3 aromatic heterocycles. The van der Waals surface area contributed by atoms with Gasteiger partial charge in [0.1, 0.15) is 11.5 Å². The van der Waals surface area contributed by atoms with Crippen LogP contribution in [0.4, 0.5) is 22.7 Å². The van der Waals surface area contributed by atoms with E-state index < -0.39 is 5.41 Å². The quantitative estimate of drug-likeness (QED) is 0.165. The fourth-order valence-electron chi connectivity index (χ4n) is 9.23. The van der Waals surface area contributed by atoms with Gasteiger partial charge in [0, 0.05) is 33.7 Å². The molecule has 3 aliphatic rings. The van der Waals surface area contributed by atoms with E-state index >= 15 is 0 Å². The van der Waals surface area contributed by atoms with Crippen LogP contribution in [-0.2, 0) is 5.41 Å². The zero-order valence-electron chi connectivity index (χ0n) is 30.0. The third-order valence-electron chi connectivity index (χ3n) is 11.5. The van der Waals surface area contributed by atoms with Gasteiger partial charge in [0.15, 0.2) is 17.2 Å². The minimum absolute atomic E-state index is 0.516. The molecule has 0 fully saturated rings. The number of fused-ring (bicyclic) bond motifs is 14. The summed E-state index contributed by atoms with van der Waals surface area (Å²) in [6.07, 6.45) is 3.84. The highest BCUT2D eigenvalue weighted by atomic mass is 16.5. The summed E-state index contributed by atoms with van der Waals surface area (Å²) >= 11 is 0. The summed E-state index contributed by atoms with van der Waals surface area (Å²) in [6, 6.07) is 50.9. The molecule has 0 bridgehead atoms. The molecule has 0 N–H and O–H groups in total. The van der Waals surface area contributed by atoms with Crippen LogP contribution in [0, 0.1) is 17.9 Å². The van der Waals surface area contributed by atoms with Crippen molar-refractivity contribution in [1.82, 2.24) is 14.5 Å². The van der Waals surface area contributed by atoms with E-state index in [0.29, 0.717) is 22.7 Å². The zero-order chi connectivity index (χ0) is 37.8. The maximum atomic E-state index is 9.76. The average Bonchev–Trinajstić information content (AvgIpc) is 3.74. The van der Waals surface area contributed by atoms with E-state index in [9.17, 15) is 5.26 Å². The summed E-state index contributed by atoms with van der Waals surface area (Å²) in [6.45, 7) is 7.71. The van der Waals surface area contributed by atoms with E-state index in [4.69, 9.17) is 26.0 Å². The van der Waals surface area contributed by atoms with Gasteiger partial charge in [-0.15, -0.1) is 0 Å². The van der Waals surface area contributed by atoms with Gasteiger partial charge in [0.25, 0.3) is 0 Å². The molecule has 12 rings (SSSR count). The third kappa shape index (κ3) is 4.13. The summed E-state index contributed by atoms with van der Waals surface area (Å²) in [7, 11) is 0. The number of anilines is 3. The third-order valence-corrected chi connectivity index (χ3v) is 11.5. The van der Waals surface area contributed by atoms with E-state index in [-0.39, 0.29) is 0 Å². The molecule has 57 heavy (non-hydrogen) atoms. The summed E-state index contributed by atoms with van der Waals surface area (Å²) in [5.74, 6) is 2.80. The van der Waals surface area contributed by atoms with Crippen molar-refractivity contribution >= 4 is 44.6 Å². The van der Waals surface area contributed by atoms with Gasteiger partial charge in [-0.25, -0.2) is 4.85 Å². The zero-order valence-corrected chi connectivity index (χ0v) is 30.0. The fourth-order valence-corrected chi connectivity index (χ4v) is 9.23. The lowest BCUT2D eigenvalue weighted by molar-refractivity contribution is 0.436. The molecule has 0 atom stereocenters. The number of ether oxygens (including phenoxy) is 2. The Morgan fingerprint density at radius 1 is 0.561 bits per heavy atom. The summed E-state index contributed by atoms with van der Waals surface area (Å²) in [5, 5.41) is 11.8. The number of hydrogen-bond donors (Lipinski definition) is 0. The van der Waals surface area contributed by atoms with Gasteiger partial charge >= 0.3 is 0 Å². The first kappa shape index (κ1) is 31.2.